The van der Waals surface area contributed by atoms with E-state index in [1.807, 2.05) is 38.1 Å². The highest BCUT2D eigenvalue weighted by Crippen LogP contribution is 2.18. The molecule has 2 heterocycles. The fraction of sp³-hybridized carbons (Fsp3) is 0.478. The summed E-state index contributed by atoms with van der Waals surface area (Å²) in [6, 6.07) is 7.63. The van der Waals surface area contributed by atoms with Gasteiger partial charge in [-0.1, -0.05) is 0 Å². The minimum Gasteiger partial charge on any atom is -0.497 e. The van der Waals surface area contributed by atoms with Crippen LogP contribution in [0.25, 0.3) is 0 Å². The number of H-pyrrole nitrogens is 1. The Balaban J connectivity index is 1.42. The van der Waals surface area contributed by atoms with E-state index in [9.17, 15) is 9.59 Å². The molecule has 0 amide bonds. The summed E-state index contributed by atoms with van der Waals surface area (Å²) in [5.74, 6) is 1.77. The van der Waals surface area contributed by atoms with E-state index in [0.29, 0.717) is 24.4 Å². The zero-order chi connectivity index (χ0) is 21.7. The third-order valence-corrected chi connectivity index (χ3v) is 5.93. The maximum Gasteiger partial charge on any atom is 0.233 e. The normalized spacial score (nSPS) is 18.8. The zero-order valence-electron chi connectivity index (χ0n) is 18.4. The Bertz CT molecular complexity index is 881. The largest absolute Gasteiger partial charge is 0.497 e. The summed E-state index contributed by atoms with van der Waals surface area (Å²) in [5.41, 5.74) is 2.81. The topological polar surface area (TPSA) is 77.3 Å². The number of aromatic amines is 1. The lowest BCUT2D eigenvalue weighted by molar-refractivity contribution is -1.01. The lowest BCUT2D eigenvalue weighted by Gasteiger charge is -2.29. The molecule has 30 heavy (non-hydrogen) atoms. The standard InChI is InChI=1S/C23H31N3O4/c1-16-22(18(3)27)17(2)24-23(16)21(28)15-26-11-9-25(10-12-26)13-14-30-20-7-5-19(29-4)6-8-20/h5-8,24H,9-15H2,1-4H3/p+2. The number of rotatable bonds is 9. The quantitative estimate of drug-likeness (QED) is 0.500. The molecule has 0 spiro atoms. The molecule has 162 valence electrons. The van der Waals surface area contributed by atoms with Crippen LogP contribution in [0, 0.1) is 13.8 Å². The first-order chi connectivity index (χ1) is 14.4. The third kappa shape index (κ3) is 5.29. The van der Waals surface area contributed by atoms with E-state index in [2.05, 4.69) is 4.98 Å². The number of hydrogen-bond acceptors (Lipinski definition) is 4. The van der Waals surface area contributed by atoms with Gasteiger partial charge in [-0.15, -0.1) is 0 Å². The van der Waals surface area contributed by atoms with E-state index in [0.717, 1.165) is 55.5 Å². The van der Waals surface area contributed by atoms with Gasteiger partial charge < -0.3 is 24.3 Å². The molecule has 0 bridgehead atoms. The molecule has 3 N–H and O–H groups in total. The summed E-state index contributed by atoms with van der Waals surface area (Å²) < 4.78 is 11.0. The molecule has 1 saturated heterocycles. The Morgan fingerprint density at radius 1 is 1.00 bits per heavy atom. The zero-order valence-corrected chi connectivity index (χ0v) is 18.4. The molecule has 0 unspecified atom stereocenters. The van der Waals surface area contributed by atoms with Crippen molar-refractivity contribution in [3.8, 4) is 11.5 Å². The van der Waals surface area contributed by atoms with Crippen molar-refractivity contribution in [1.29, 1.82) is 0 Å². The summed E-state index contributed by atoms with van der Waals surface area (Å²) in [7, 11) is 1.65. The average Bonchev–Trinajstić information content (AvgIpc) is 3.04. The number of carbonyl (C=O) groups is 2. The fourth-order valence-corrected chi connectivity index (χ4v) is 4.24. The highest BCUT2D eigenvalue weighted by molar-refractivity contribution is 6.03. The maximum absolute atomic E-state index is 12.8. The van der Waals surface area contributed by atoms with Crippen LogP contribution in [0.1, 0.15) is 39.0 Å². The van der Waals surface area contributed by atoms with Crippen molar-refractivity contribution in [2.45, 2.75) is 20.8 Å². The molecule has 0 radical (unpaired) electrons. The Kier molecular flexibility index (Phi) is 7.29. The number of carbonyl (C=O) groups excluding carboxylic acids is 2. The molecule has 0 aliphatic carbocycles. The van der Waals surface area contributed by atoms with Gasteiger partial charge in [0.2, 0.25) is 5.78 Å². The first-order valence-corrected chi connectivity index (χ1v) is 10.6. The van der Waals surface area contributed by atoms with Gasteiger partial charge in [-0.3, -0.25) is 9.59 Å². The number of Topliss-reactive ketones (excluding diaryl/α,β-unsaturated/α-hetero) is 2. The summed E-state index contributed by atoms with van der Waals surface area (Å²) in [6.07, 6.45) is 0. The van der Waals surface area contributed by atoms with Gasteiger partial charge in [-0.2, -0.15) is 0 Å². The molecular formula is C23H33N3O4+2. The van der Waals surface area contributed by atoms with Gasteiger partial charge in [-0.05, 0) is 50.6 Å². The summed E-state index contributed by atoms with van der Waals surface area (Å²) >= 11 is 0. The predicted molar refractivity (Wildman–Crippen MR) is 114 cm³/mol. The number of piperazine rings is 1. The van der Waals surface area contributed by atoms with Crippen LogP contribution in [-0.2, 0) is 0 Å². The fourth-order valence-electron chi connectivity index (χ4n) is 4.24. The lowest BCUT2D eigenvalue weighted by Crippen LogP contribution is -3.28. The van der Waals surface area contributed by atoms with E-state index < -0.39 is 0 Å². The maximum atomic E-state index is 12.8. The van der Waals surface area contributed by atoms with Gasteiger partial charge >= 0.3 is 0 Å². The first-order valence-electron chi connectivity index (χ1n) is 10.6. The number of ether oxygens (including phenoxy) is 2. The van der Waals surface area contributed by atoms with Crippen LogP contribution < -0.4 is 19.3 Å². The number of quaternary nitrogens is 2. The van der Waals surface area contributed by atoms with E-state index in [1.165, 1.54) is 9.80 Å². The number of hydrogen-bond donors (Lipinski definition) is 3. The summed E-state index contributed by atoms with van der Waals surface area (Å²) in [5, 5.41) is 0. The van der Waals surface area contributed by atoms with E-state index >= 15 is 0 Å². The SMILES string of the molecule is COc1ccc(OCC[NH+]2CC[NH+](CC(=O)c3[nH]c(C)c(C(C)=O)c3C)CC2)cc1. The van der Waals surface area contributed by atoms with Gasteiger partial charge in [-0.25, -0.2) is 0 Å². The van der Waals surface area contributed by atoms with Crippen LogP contribution in [0.3, 0.4) is 0 Å². The van der Waals surface area contributed by atoms with Gasteiger partial charge in [0.1, 0.15) is 57.4 Å². The molecule has 2 aromatic rings. The lowest BCUT2D eigenvalue weighted by atomic mass is 10.1. The predicted octanol–water partition coefficient (Wildman–Crippen LogP) is -0.112. The van der Waals surface area contributed by atoms with Crippen molar-refractivity contribution in [1.82, 2.24) is 4.98 Å². The molecule has 1 fully saturated rings. The molecule has 7 heteroatoms. The van der Waals surface area contributed by atoms with Crippen LogP contribution in [0.15, 0.2) is 24.3 Å². The molecule has 7 nitrogen and oxygen atoms in total. The summed E-state index contributed by atoms with van der Waals surface area (Å²) in [4.78, 5) is 30.5. The minimum atomic E-state index is 0.00159. The second-order valence-corrected chi connectivity index (χ2v) is 8.06. The number of nitrogens with one attached hydrogen (secondary N) is 3. The van der Waals surface area contributed by atoms with Crippen LogP contribution in [0.5, 0.6) is 11.5 Å². The second kappa shape index (κ2) is 9.91. The van der Waals surface area contributed by atoms with E-state index in [1.54, 1.807) is 14.0 Å². The summed E-state index contributed by atoms with van der Waals surface area (Å²) in [6.45, 7) is 11.3. The van der Waals surface area contributed by atoms with Crippen molar-refractivity contribution in [3.63, 3.8) is 0 Å². The number of ketones is 2. The molecule has 1 aromatic carbocycles. The molecule has 1 aliphatic rings. The van der Waals surface area contributed by atoms with Crippen LogP contribution in [-0.4, -0.2) is 69.5 Å². The number of aromatic nitrogens is 1. The van der Waals surface area contributed by atoms with Crippen molar-refractivity contribution < 1.29 is 28.9 Å². The molecule has 3 rings (SSSR count). The molecule has 0 atom stereocenters. The number of aryl methyl sites for hydroxylation is 1. The Morgan fingerprint density at radius 2 is 1.60 bits per heavy atom. The second-order valence-electron chi connectivity index (χ2n) is 8.06. The molecule has 1 aromatic heterocycles. The average molecular weight is 416 g/mol. The molecule has 0 saturated carbocycles. The van der Waals surface area contributed by atoms with E-state index in [4.69, 9.17) is 9.47 Å². The molecular weight excluding hydrogens is 382 g/mol. The highest BCUT2D eigenvalue weighted by Gasteiger charge is 2.27. The number of methoxy groups -OCH3 is 1. The van der Waals surface area contributed by atoms with Crippen LogP contribution in [0.2, 0.25) is 0 Å². The first kappa shape index (κ1) is 22.1. The molecule has 1 aliphatic heterocycles. The number of benzene rings is 1. The van der Waals surface area contributed by atoms with Gasteiger partial charge in [0.05, 0.1) is 12.8 Å². The van der Waals surface area contributed by atoms with Gasteiger partial charge in [0.15, 0.2) is 5.78 Å². The van der Waals surface area contributed by atoms with Crippen LogP contribution in [0.4, 0.5) is 0 Å². The Morgan fingerprint density at radius 3 is 2.17 bits per heavy atom. The van der Waals surface area contributed by atoms with Crippen LogP contribution >= 0.6 is 0 Å². The van der Waals surface area contributed by atoms with Gasteiger partial charge in [0, 0.05) is 11.3 Å². The van der Waals surface area contributed by atoms with Crippen molar-refractivity contribution in [2.75, 3.05) is 53.0 Å². The van der Waals surface area contributed by atoms with Crippen molar-refractivity contribution in [3.05, 3.63) is 46.8 Å². The van der Waals surface area contributed by atoms with E-state index in [-0.39, 0.29) is 11.6 Å². The Labute approximate surface area is 178 Å². The van der Waals surface area contributed by atoms with Crippen molar-refractivity contribution >= 4 is 11.6 Å². The third-order valence-electron chi connectivity index (χ3n) is 5.93. The highest BCUT2D eigenvalue weighted by atomic mass is 16.5. The smallest absolute Gasteiger partial charge is 0.233 e. The monoisotopic (exact) mass is 415 g/mol. The minimum absolute atomic E-state index is 0.00159. The Hall–Kier alpha value is -2.64. The van der Waals surface area contributed by atoms with Crippen molar-refractivity contribution in [2.24, 2.45) is 0 Å². The van der Waals surface area contributed by atoms with Gasteiger partial charge in [0.25, 0.3) is 0 Å².